The molecule has 0 aromatic heterocycles. The Morgan fingerprint density at radius 3 is 2.04 bits per heavy atom. The fraction of sp³-hybridized carbons (Fsp3) is 1.00. The second kappa shape index (κ2) is 8.95. The number of unbranched alkanes of at least 4 members (excludes halogenated alkanes) is 1. The van der Waals surface area contributed by atoms with Gasteiger partial charge in [-0.25, -0.2) is 0 Å². The van der Waals surface area contributed by atoms with Crippen molar-refractivity contribution in [2.24, 2.45) is 5.92 Å². The number of ether oxygens (including phenoxy) is 1. The monoisotopic (exact) mass is 346 g/mol. The van der Waals surface area contributed by atoms with Crippen LogP contribution >= 0.6 is 0 Å². The summed E-state index contributed by atoms with van der Waals surface area (Å²) in [6, 6.07) is 0. The summed E-state index contributed by atoms with van der Waals surface area (Å²) < 4.78 is 11.8. The zero-order valence-electron chi connectivity index (χ0n) is 16.0. The predicted molar refractivity (Wildman–Crippen MR) is 96.9 cm³/mol. The minimum Gasteiger partial charge on any atom is -0.416 e. The van der Waals surface area contributed by atoms with E-state index in [0.29, 0.717) is 23.0 Å². The van der Waals surface area contributed by atoms with Crippen LogP contribution in [0.2, 0.25) is 16.6 Å². The van der Waals surface area contributed by atoms with E-state index in [-0.39, 0.29) is 19.1 Å². The fourth-order valence-corrected chi connectivity index (χ4v) is 9.76. The summed E-state index contributed by atoms with van der Waals surface area (Å²) >= 11 is 0. The van der Waals surface area contributed by atoms with Gasteiger partial charge in [0.15, 0.2) is 14.1 Å². The molecule has 4 nitrogen and oxygen atoms in total. The van der Waals surface area contributed by atoms with Crippen LogP contribution in [0.15, 0.2) is 0 Å². The summed E-state index contributed by atoms with van der Waals surface area (Å²) in [6.45, 7) is 14.9. The first-order valence-electron chi connectivity index (χ1n) is 9.31. The van der Waals surface area contributed by atoms with Gasteiger partial charge >= 0.3 is 0 Å². The Morgan fingerprint density at radius 1 is 1.00 bits per heavy atom. The Hall–Kier alpha value is 0.0569. The van der Waals surface area contributed by atoms with E-state index in [4.69, 9.17) is 14.3 Å². The van der Waals surface area contributed by atoms with Gasteiger partial charge in [0.25, 0.3) is 0 Å². The molecule has 0 aromatic carbocycles. The van der Waals surface area contributed by atoms with Crippen molar-refractivity contribution in [1.82, 2.24) is 0 Å². The van der Waals surface area contributed by atoms with Gasteiger partial charge in [0.2, 0.25) is 0 Å². The molecule has 0 bridgehead atoms. The van der Waals surface area contributed by atoms with Crippen LogP contribution in [0.4, 0.5) is 0 Å². The fourth-order valence-electron chi connectivity index (χ4n) is 4.26. The molecule has 0 spiro atoms. The standard InChI is InChI=1S/C18H38O4Si/c1-14(2)23(15(3)4,16(5)6)22-11-8-7-9-17-13-18(17,20)21-12-10-19/h14-17,19-20H,7-13H2,1-6H3. The summed E-state index contributed by atoms with van der Waals surface area (Å²) in [5.74, 6) is -0.730. The topological polar surface area (TPSA) is 58.9 Å². The third-order valence-corrected chi connectivity index (χ3v) is 11.6. The van der Waals surface area contributed by atoms with E-state index in [0.717, 1.165) is 25.9 Å². The highest BCUT2D eigenvalue weighted by atomic mass is 28.4. The maximum atomic E-state index is 10.1. The quantitative estimate of drug-likeness (QED) is 0.318. The number of hydrogen-bond acceptors (Lipinski definition) is 4. The normalized spacial score (nSPS) is 24.9. The molecule has 0 heterocycles. The lowest BCUT2D eigenvalue weighted by Crippen LogP contribution is -2.47. The molecule has 0 aliphatic heterocycles. The van der Waals surface area contributed by atoms with E-state index in [1.807, 2.05) is 0 Å². The molecule has 1 aliphatic carbocycles. The molecule has 0 amide bonds. The Bertz CT molecular complexity index is 324. The molecule has 5 heteroatoms. The van der Waals surface area contributed by atoms with E-state index in [1.54, 1.807) is 0 Å². The molecule has 2 atom stereocenters. The molecule has 23 heavy (non-hydrogen) atoms. The lowest BCUT2D eigenvalue weighted by Gasteiger charge is -2.42. The van der Waals surface area contributed by atoms with Gasteiger partial charge in [-0.05, 0) is 29.5 Å². The van der Waals surface area contributed by atoms with E-state index in [9.17, 15) is 5.11 Å². The zero-order chi connectivity index (χ0) is 17.7. The average Bonchev–Trinajstić information content (AvgIpc) is 3.10. The Balaban J connectivity index is 2.31. The van der Waals surface area contributed by atoms with Crippen molar-refractivity contribution in [1.29, 1.82) is 0 Å². The number of aliphatic hydroxyl groups is 2. The molecule has 0 saturated heterocycles. The first-order chi connectivity index (χ1) is 10.7. The summed E-state index contributed by atoms with van der Waals surface area (Å²) in [7, 11) is -1.74. The largest absolute Gasteiger partial charge is 0.416 e. The van der Waals surface area contributed by atoms with Gasteiger partial charge in [0, 0.05) is 18.9 Å². The smallest absolute Gasteiger partial charge is 0.200 e. The number of aliphatic hydroxyl groups excluding tert-OH is 1. The first kappa shape index (κ1) is 21.1. The Morgan fingerprint density at radius 2 is 1.57 bits per heavy atom. The Labute approximate surface area is 143 Å². The minimum absolute atomic E-state index is 0.0326. The molecule has 1 aliphatic rings. The van der Waals surface area contributed by atoms with Gasteiger partial charge < -0.3 is 19.4 Å². The predicted octanol–water partition coefficient (Wildman–Crippen LogP) is 4.07. The van der Waals surface area contributed by atoms with Crippen LogP contribution in [0, 0.1) is 5.92 Å². The molecular formula is C18H38O4Si. The van der Waals surface area contributed by atoms with Crippen LogP contribution in [0.25, 0.3) is 0 Å². The van der Waals surface area contributed by atoms with Gasteiger partial charge in [-0.1, -0.05) is 48.0 Å². The molecule has 2 unspecified atom stereocenters. The van der Waals surface area contributed by atoms with Crippen molar-refractivity contribution in [3.63, 3.8) is 0 Å². The summed E-state index contributed by atoms with van der Waals surface area (Å²) in [5, 5.41) is 18.8. The lowest BCUT2D eigenvalue weighted by atomic mass is 10.2. The second-order valence-corrected chi connectivity index (χ2v) is 13.4. The highest BCUT2D eigenvalue weighted by molar-refractivity contribution is 6.77. The SMILES string of the molecule is CC(C)[Si](OCCCCC1CC1(O)OCCO)(C(C)C)C(C)C. The van der Waals surface area contributed by atoms with Gasteiger partial charge in [-0.2, -0.15) is 0 Å². The molecule has 2 N–H and O–H groups in total. The molecule has 0 radical (unpaired) electrons. The molecular weight excluding hydrogens is 308 g/mol. The molecule has 1 rings (SSSR count). The van der Waals surface area contributed by atoms with Gasteiger partial charge in [0.1, 0.15) is 0 Å². The van der Waals surface area contributed by atoms with Crippen LogP contribution in [0.1, 0.15) is 67.2 Å². The second-order valence-electron chi connectivity index (χ2n) is 7.98. The Kier molecular flexibility index (Phi) is 8.21. The van der Waals surface area contributed by atoms with Gasteiger partial charge in [0.05, 0.1) is 13.2 Å². The van der Waals surface area contributed by atoms with Crippen LogP contribution in [0.3, 0.4) is 0 Å². The average molecular weight is 347 g/mol. The maximum Gasteiger partial charge on any atom is 0.200 e. The number of rotatable bonds is 12. The van der Waals surface area contributed by atoms with E-state index in [2.05, 4.69) is 41.5 Å². The van der Waals surface area contributed by atoms with Crippen LogP contribution < -0.4 is 0 Å². The highest BCUT2D eigenvalue weighted by Crippen LogP contribution is 2.47. The highest BCUT2D eigenvalue weighted by Gasteiger charge is 2.53. The van der Waals surface area contributed by atoms with Gasteiger partial charge in [-0.15, -0.1) is 0 Å². The van der Waals surface area contributed by atoms with E-state index in [1.165, 1.54) is 0 Å². The molecule has 0 aromatic rings. The lowest BCUT2D eigenvalue weighted by molar-refractivity contribution is -0.143. The van der Waals surface area contributed by atoms with E-state index < -0.39 is 14.1 Å². The van der Waals surface area contributed by atoms with Crippen molar-refractivity contribution in [3.05, 3.63) is 0 Å². The van der Waals surface area contributed by atoms with Crippen molar-refractivity contribution in [2.45, 2.75) is 89.6 Å². The molecule has 1 fully saturated rings. The van der Waals surface area contributed by atoms with Crippen molar-refractivity contribution in [3.8, 4) is 0 Å². The third kappa shape index (κ3) is 5.26. The van der Waals surface area contributed by atoms with E-state index >= 15 is 0 Å². The minimum atomic E-state index is -1.74. The van der Waals surface area contributed by atoms with Crippen LogP contribution in [-0.4, -0.2) is 44.1 Å². The van der Waals surface area contributed by atoms with Crippen molar-refractivity contribution < 1.29 is 19.4 Å². The maximum absolute atomic E-state index is 10.1. The van der Waals surface area contributed by atoms with Crippen molar-refractivity contribution in [2.75, 3.05) is 19.8 Å². The molecule has 138 valence electrons. The first-order valence-corrected chi connectivity index (χ1v) is 11.5. The summed E-state index contributed by atoms with van der Waals surface area (Å²) in [5.41, 5.74) is 1.88. The number of hydrogen-bond donors (Lipinski definition) is 2. The van der Waals surface area contributed by atoms with Crippen LogP contribution in [-0.2, 0) is 9.16 Å². The van der Waals surface area contributed by atoms with Gasteiger partial charge in [-0.3, -0.25) is 0 Å². The van der Waals surface area contributed by atoms with Crippen molar-refractivity contribution >= 4 is 8.32 Å². The zero-order valence-corrected chi connectivity index (χ0v) is 17.0. The summed E-state index contributed by atoms with van der Waals surface area (Å²) in [4.78, 5) is 0. The third-order valence-electron chi connectivity index (χ3n) is 5.47. The molecule has 1 saturated carbocycles. The summed E-state index contributed by atoms with van der Waals surface area (Å²) in [6.07, 6.45) is 3.79. The van der Waals surface area contributed by atoms with Crippen LogP contribution in [0.5, 0.6) is 0 Å².